The first-order valence-electron chi connectivity index (χ1n) is 17.3. The van der Waals surface area contributed by atoms with Crippen molar-refractivity contribution in [2.24, 2.45) is 5.73 Å². The van der Waals surface area contributed by atoms with Crippen LogP contribution in [0, 0.1) is 5.41 Å². The topological polar surface area (TPSA) is 239 Å². The number of unbranched alkanes of at least 4 members (excludes halogenated alkanes) is 10. The Morgan fingerprint density at radius 1 is 0.961 bits per heavy atom. The van der Waals surface area contributed by atoms with Crippen LogP contribution in [0.4, 0.5) is 0 Å². The van der Waals surface area contributed by atoms with E-state index in [0.717, 1.165) is 19.3 Å². The molecule has 6 unspecified atom stereocenters. The number of aromatic nitrogens is 3. The third-order valence-corrected chi connectivity index (χ3v) is 13.3. The zero-order valence-electron chi connectivity index (χ0n) is 30.6. The monoisotopic (exact) mass is 808 g/mol. The van der Waals surface area contributed by atoms with Crippen LogP contribution in [0.1, 0.15) is 96.0 Å². The van der Waals surface area contributed by atoms with Crippen molar-refractivity contribution in [2.45, 2.75) is 109 Å². The maximum Gasteiger partial charge on any atom is 0.383 e. The second-order valence-corrected chi connectivity index (χ2v) is 20.3. The summed E-state index contributed by atoms with van der Waals surface area (Å²) in [7, 11) is -9.57. The summed E-state index contributed by atoms with van der Waals surface area (Å²) >= 11 is 0. The van der Waals surface area contributed by atoms with E-state index in [4.69, 9.17) is 34.0 Å². The summed E-state index contributed by atoms with van der Waals surface area (Å²) in [5.41, 5.74) is 5.31. The van der Waals surface area contributed by atoms with Gasteiger partial charge in [-0.15, -0.1) is 17.5 Å². The van der Waals surface area contributed by atoms with Gasteiger partial charge in [-0.05, 0) is 6.42 Å². The predicted molar refractivity (Wildman–Crippen MR) is 197 cm³/mol. The lowest BCUT2D eigenvalue weighted by molar-refractivity contribution is -0.134. The Labute approximate surface area is 308 Å². The quantitative estimate of drug-likeness (QED) is 0.0528. The van der Waals surface area contributed by atoms with Crippen molar-refractivity contribution in [1.29, 1.82) is 5.41 Å². The van der Waals surface area contributed by atoms with Gasteiger partial charge in [0.15, 0.2) is 12.1 Å². The van der Waals surface area contributed by atoms with Crippen molar-refractivity contribution >= 4 is 46.7 Å². The molecule has 0 saturated carbocycles. The van der Waals surface area contributed by atoms with Gasteiger partial charge in [-0.3, -0.25) is 19.3 Å². The maximum absolute atomic E-state index is 12.7. The molecule has 0 aromatic carbocycles. The lowest BCUT2D eigenvalue weighted by atomic mass is 10.1. The standard InChI is InChI=1S/C17H36O5P2.C13H23N6O6P.ClH/c1-5-6-7-8-9-10-11-12-13-14-15-16-17(18)21-24(4,20)22-23(2,3)19;1-26(22,18-2-4-23-5-3-18)24-6-8-9(20)10(21)13(25-8)19-7-16-12(17-19)11(14)15;/h5-16H2,1-4H3;7-10,13,20-21H,2-6H2,1H3,(H3,14,15);1H. The fraction of sp³-hybridized carbons (Fsp3) is 0.867. The summed E-state index contributed by atoms with van der Waals surface area (Å²) in [6.07, 6.45) is 10.3. The molecule has 2 fully saturated rings. The van der Waals surface area contributed by atoms with Gasteiger partial charge < -0.3 is 34.5 Å². The molecule has 3 heterocycles. The number of ether oxygens (including phenoxy) is 2. The number of aliphatic hydroxyl groups is 2. The number of halogens is 1. The van der Waals surface area contributed by atoms with Crippen molar-refractivity contribution in [3.05, 3.63) is 12.2 Å². The van der Waals surface area contributed by atoms with Crippen molar-refractivity contribution in [3.63, 3.8) is 0 Å². The van der Waals surface area contributed by atoms with Crippen LogP contribution in [0.2, 0.25) is 0 Å². The Hall–Kier alpha value is -1.22. The van der Waals surface area contributed by atoms with Gasteiger partial charge in [0.1, 0.15) is 24.6 Å². The largest absolute Gasteiger partial charge is 0.392 e. The third-order valence-electron chi connectivity index (χ3n) is 7.92. The maximum atomic E-state index is 12.7. The van der Waals surface area contributed by atoms with Crippen LogP contribution in [0.25, 0.3) is 0 Å². The van der Waals surface area contributed by atoms with Crippen molar-refractivity contribution in [2.75, 3.05) is 59.6 Å². The Kier molecular flexibility index (Phi) is 22.1. The Morgan fingerprint density at radius 3 is 2.02 bits per heavy atom. The lowest BCUT2D eigenvalue weighted by Gasteiger charge is -2.32. The van der Waals surface area contributed by atoms with Gasteiger partial charge in [-0.25, -0.2) is 23.2 Å². The molecule has 2 saturated heterocycles. The average molecular weight is 809 g/mol. The van der Waals surface area contributed by atoms with Crippen LogP contribution < -0.4 is 5.73 Å². The molecule has 1 aromatic rings. The summed E-state index contributed by atoms with van der Waals surface area (Å²) in [5.74, 6) is -0.875. The molecule has 0 radical (unpaired) electrons. The molecule has 5 N–H and O–H groups in total. The molecule has 0 bridgehead atoms. The van der Waals surface area contributed by atoms with E-state index in [1.807, 2.05) is 0 Å². The van der Waals surface area contributed by atoms with Crippen molar-refractivity contribution in [3.8, 4) is 0 Å². The normalized spacial score (nSPS) is 23.3. The molecule has 0 amide bonds. The first-order valence-corrected chi connectivity index (χ1v) is 23.9. The van der Waals surface area contributed by atoms with Gasteiger partial charge in [0.05, 0.1) is 26.5 Å². The highest BCUT2D eigenvalue weighted by Crippen LogP contribution is 2.58. The van der Waals surface area contributed by atoms with Gasteiger partial charge in [0.2, 0.25) is 13.2 Å². The zero-order chi connectivity index (χ0) is 37.4. The molecule has 21 heteroatoms. The number of carbonyl (C=O) groups excluding carboxylic acids is 1. The summed E-state index contributed by atoms with van der Waals surface area (Å²) in [6.45, 7) is 9.42. The highest BCUT2D eigenvalue weighted by Gasteiger charge is 2.45. The third kappa shape index (κ3) is 18.6. The minimum absolute atomic E-state index is 0. The molecular formula is C30H60ClN6O11P3. The molecule has 51 heavy (non-hydrogen) atoms. The number of hydrogen-bond donors (Lipinski definition) is 4. The second kappa shape index (κ2) is 23.5. The number of aliphatic hydroxyl groups excluding tert-OH is 2. The fourth-order valence-corrected chi connectivity index (χ4v) is 10.3. The zero-order valence-corrected chi connectivity index (χ0v) is 34.1. The van der Waals surface area contributed by atoms with Crippen molar-refractivity contribution in [1.82, 2.24) is 19.4 Å². The van der Waals surface area contributed by atoms with E-state index in [2.05, 4.69) is 17.0 Å². The number of carbonyl (C=O) groups is 1. The molecule has 17 nitrogen and oxygen atoms in total. The smallest absolute Gasteiger partial charge is 0.383 e. The van der Waals surface area contributed by atoms with E-state index < -0.39 is 53.0 Å². The van der Waals surface area contributed by atoms with E-state index in [0.29, 0.717) is 26.3 Å². The van der Waals surface area contributed by atoms with E-state index >= 15 is 0 Å². The highest BCUT2D eigenvalue weighted by atomic mass is 35.5. The van der Waals surface area contributed by atoms with E-state index in [-0.39, 0.29) is 37.1 Å². The van der Waals surface area contributed by atoms with Gasteiger partial charge in [-0.1, -0.05) is 71.1 Å². The molecule has 298 valence electrons. The average Bonchev–Trinajstić information content (AvgIpc) is 3.63. The van der Waals surface area contributed by atoms with Crippen LogP contribution in [-0.2, 0) is 41.3 Å². The summed E-state index contributed by atoms with van der Waals surface area (Å²) in [5, 5.41) is 31.7. The van der Waals surface area contributed by atoms with Crippen LogP contribution in [-0.4, -0.2) is 119 Å². The minimum Gasteiger partial charge on any atom is -0.392 e. The van der Waals surface area contributed by atoms with E-state index in [9.17, 15) is 28.7 Å². The second-order valence-electron chi connectivity index (χ2n) is 13.0. The van der Waals surface area contributed by atoms with Gasteiger partial charge in [0, 0.05) is 39.5 Å². The minimum atomic E-state index is -3.57. The first-order chi connectivity index (χ1) is 23.5. The molecule has 0 spiro atoms. The molecule has 2 aliphatic heterocycles. The summed E-state index contributed by atoms with van der Waals surface area (Å²) < 4.78 is 65.1. The Morgan fingerprint density at radius 2 is 1.51 bits per heavy atom. The number of nitrogens with zero attached hydrogens (tertiary/aromatic N) is 4. The molecule has 1 aromatic heterocycles. The first kappa shape index (κ1) is 47.8. The van der Waals surface area contributed by atoms with Crippen LogP contribution in [0.3, 0.4) is 0 Å². The van der Waals surface area contributed by atoms with E-state index in [1.54, 1.807) is 4.67 Å². The molecule has 6 atom stereocenters. The number of nitrogens with two attached hydrogens (primary N) is 1. The van der Waals surface area contributed by atoms with Gasteiger partial charge in [0.25, 0.3) is 7.52 Å². The number of amidine groups is 1. The Balaban J connectivity index is 0.000000503. The number of hydrogen-bond acceptors (Lipinski definition) is 14. The lowest BCUT2D eigenvalue weighted by Crippen LogP contribution is -2.36. The summed E-state index contributed by atoms with van der Waals surface area (Å²) in [6, 6.07) is 0. The van der Waals surface area contributed by atoms with Gasteiger partial charge in [-0.2, -0.15) is 0 Å². The molecule has 2 aliphatic rings. The van der Waals surface area contributed by atoms with Crippen LogP contribution in [0.15, 0.2) is 6.33 Å². The van der Waals surface area contributed by atoms with E-state index in [1.165, 1.54) is 89.0 Å². The predicted octanol–water partition coefficient (Wildman–Crippen LogP) is 5.38. The molecular weight excluding hydrogens is 749 g/mol. The number of morpholine rings is 1. The molecule has 3 rings (SSSR count). The Bertz CT molecular complexity index is 1330. The fourth-order valence-electron chi connectivity index (χ4n) is 5.35. The van der Waals surface area contributed by atoms with Gasteiger partial charge >= 0.3 is 13.6 Å². The number of rotatable bonds is 21. The highest BCUT2D eigenvalue weighted by molar-refractivity contribution is 7.68. The summed E-state index contributed by atoms with van der Waals surface area (Å²) in [4.78, 5) is 15.5. The SMILES string of the molecule is CCCCCCCCCCCCCC(=O)OP(C)(=O)OP(C)(C)=O.CP(=O)(OCC1OC(n2cnc(C(=N)N)n2)C(O)C1O)N1CCOCC1.Cl. The van der Waals surface area contributed by atoms with Crippen LogP contribution >= 0.6 is 34.9 Å². The number of nitrogen functional groups attached to an aromatic ring is 1. The van der Waals surface area contributed by atoms with Crippen molar-refractivity contribution < 1.29 is 51.5 Å². The van der Waals surface area contributed by atoms with Crippen LogP contribution in [0.5, 0.6) is 0 Å². The number of nitrogens with one attached hydrogen (secondary N) is 1. The molecule has 0 aliphatic carbocycles.